The third-order valence-electron chi connectivity index (χ3n) is 2.58. The standard InChI is InChI=1S/C13H15N3O/c1-14-13(12-5-3-4-6-16-12)10-7-11(17-2)9-15-8-10/h3-9,13-14H,1-2H3. The van der Waals surface area contributed by atoms with Crippen LogP contribution >= 0.6 is 0 Å². The molecular formula is C13H15N3O. The van der Waals surface area contributed by atoms with Gasteiger partial charge in [0.15, 0.2) is 0 Å². The number of ether oxygens (including phenoxy) is 1. The second kappa shape index (κ2) is 5.41. The Morgan fingerprint density at radius 2 is 2.18 bits per heavy atom. The quantitative estimate of drug-likeness (QED) is 0.868. The number of hydrogen-bond acceptors (Lipinski definition) is 4. The molecule has 17 heavy (non-hydrogen) atoms. The summed E-state index contributed by atoms with van der Waals surface area (Å²) in [6.07, 6.45) is 5.29. The summed E-state index contributed by atoms with van der Waals surface area (Å²) < 4.78 is 5.17. The number of methoxy groups -OCH3 is 1. The molecule has 1 unspecified atom stereocenters. The molecule has 1 N–H and O–H groups in total. The van der Waals surface area contributed by atoms with E-state index < -0.39 is 0 Å². The van der Waals surface area contributed by atoms with Crippen molar-refractivity contribution in [2.45, 2.75) is 6.04 Å². The lowest BCUT2D eigenvalue weighted by atomic mass is 10.1. The highest BCUT2D eigenvalue weighted by Crippen LogP contribution is 2.22. The van der Waals surface area contributed by atoms with E-state index in [1.54, 1.807) is 19.5 Å². The highest BCUT2D eigenvalue weighted by Gasteiger charge is 2.13. The van der Waals surface area contributed by atoms with Gasteiger partial charge in [-0.2, -0.15) is 0 Å². The van der Waals surface area contributed by atoms with Crippen molar-refractivity contribution in [1.82, 2.24) is 15.3 Å². The summed E-state index contributed by atoms with van der Waals surface area (Å²) in [5.74, 6) is 0.749. The molecule has 0 aliphatic carbocycles. The molecule has 0 amide bonds. The average molecular weight is 229 g/mol. The van der Waals surface area contributed by atoms with E-state index in [0.717, 1.165) is 17.0 Å². The maximum atomic E-state index is 5.17. The Labute approximate surface area is 101 Å². The molecule has 0 bridgehead atoms. The fourth-order valence-corrected chi connectivity index (χ4v) is 1.74. The smallest absolute Gasteiger partial charge is 0.137 e. The van der Waals surface area contributed by atoms with E-state index in [-0.39, 0.29) is 6.04 Å². The molecule has 0 saturated heterocycles. The van der Waals surface area contributed by atoms with Crippen molar-refractivity contribution in [3.05, 3.63) is 54.1 Å². The first-order chi connectivity index (χ1) is 8.35. The third-order valence-corrected chi connectivity index (χ3v) is 2.58. The van der Waals surface area contributed by atoms with Gasteiger partial charge in [0.25, 0.3) is 0 Å². The van der Waals surface area contributed by atoms with Gasteiger partial charge in [-0.25, -0.2) is 0 Å². The fraction of sp³-hybridized carbons (Fsp3) is 0.231. The maximum absolute atomic E-state index is 5.17. The van der Waals surface area contributed by atoms with Crippen molar-refractivity contribution in [3.8, 4) is 5.75 Å². The Morgan fingerprint density at radius 1 is 1.29 bits per heavy atom. The summed E-state index contributed by atoms with van der Waals surface area (Å²) in [6.45, 7) is 0. The first-order valence-electron chi connectivity index (χ1n) is 5.42. The third kappa shape index (κ3) is 2.60. The van der Waals surface area contributed by atoms with E-state index in [0.29, 0.717) is 0 Å². The van der Waals surface area contributed by atoms with Gasteiger partial charge in [0, 0.05) is 12.4 Å². The molecule has 0 radical (unpaired) electrons. The first kappa shape index (κ1) is 11.5. The molecule has 0 aliphatic rings. The van der Waals surface area contributed by atoms with Gasteiger partial charge in [0.2, 0.25) is 0 Å². The molecule has 88 valence electrons. The highest BCUT2D eigenvalue weighted by atomic mass is 16.5. The van der Waals surface area contributed by atoms with Crippen LogP contribution in [0, 0.1) is 0 Å². The van der Waals surface area contributed by atoms with E-state index in [2.05, 4.69) is 15.3 Å². The van der Waals surface area contributed by atoms with Crippen molar-refractivity contribution >= 4 is 0 Å². The number of rotatable bonds is 4. The van der Waals surface area contributed by atoms with Crippen LogP contribution in [0.2, 0.25) is 0 Å². The minimum Gasteiger partial charge on any atom is -0.495 e. The zero-order valence-electron chi connectivity index (χ0n) is 9.92. The van der Waals surface area contributed by atoms with Gasteiger partial charge in [0.05, 0.1) is 25.0 Å². The summed E-state index contributed by atoms with van der Waals surface area (Å²) >= 11 is 0. The Balaban J connectivity index is 2.35. The van der Waals surface area contributed by atoms with Gasteiger partial charge in [-0.05, 0) is 30.8 Å². The molecule has 2 aromatic rings. The lowest BCUT2D eigenvalue weighted by Crippen LogP contribution is -2.18. The molecule has 2 heterocycles. The maximum Gasteiger partial charge on any atom is 0.137 e. The summed E-state index contributed by atoms with van der Waals surface area (Å²) in [7, 11) is 3.54. The minimum absolute atomic E-state index is 0.0267. The van der Waals surface area contributed by atoms with E-state index in [1.165, 1.54) is 0 Å². The van der Waals surface area contributed by atoms with Crippen molar-refractivity contribution in [3.63, 3.8) is 0 Å². The van der Waals surface area contributed by atoms with E-state index in [1.807, 2.05) is 37.5 Å². The van der Waals surface area contributed by atoms with Crippen LogP contribution in [-0.4, -0.2) is 24.1 Å². The Hall–Kier alpha value is -1.94. The van der Waals surface area contributed by atoms with Gasteiger partial charge < -0.3 is 10.1 Å². The average Bonchev–Trinajstić information content (AvgIpc) is 2.41. The Morgan fingerprint density at radius 3 is 2.82 bits per heavy atom. The van der Waals surface area contributed by atoms with Crippen molar-refractivity contribution in [2.75, 3.05) is 14.2 Å². The topological polar surface area (TPSA) is 47.0 Å². The van der Waals surface area contributed by atoms with Crippen LogP contribution in [0.1, 0.15) is 17.3 Å². The van der Waals surface area contributed by atoms with E-state index >= 15 is 0 Å². The second-order valence-corrected chi connectivity index (χ2v) is 3.63. The SMILES string of the molecule is CNC(c1cncc(OC)c1)c1ccccn1. The molecule has 0 aliphatic heterocycles. The largest absolute Gasteiger partial charge is 0.495 e. The first-order valence-corrected chi connectivity index (χ1v) is 5.42. The predicted molar refractivity (Wildman–Crippen MR) is 65.9 cm³/mol. The number of aromatic nitrogens is 2. The summed E-state index contributed by atoms with van der Waals surface area (Å²) in [5, 5.41) is 3.23. The molecule has 4 heteroatoms. The normalized spacial score (nSPS) is 12.1. The van der Waals surface area contributed by atoms with Crippen LogP contribution in [-0.2, 0) is 0 Å². The molecule has 0 fully saturated rings. The van der Waals surface area contributed by atoms with Gasteiger partial charge in [0.1, 0.15) is 5.75 Å². The Bertz CT molecular complexity index is 473. The highest BCUT2D eigenvalue weighted by molar-refractivity contribution is 5.31. The molecule has 1 atom stereocenters. The lowest BCUT2D eigenvalue weighted by Gasteiger charge is -2.16. The fourth-order valence-electron chi connectivity index (χ4n) is 1.74. The molecule has 0 saturated carbocycles. The number of nitrogens with one attached hydrogen (secondary N) is 1. The number of hydrogen-bond donors (Lipinski definition) is 1. The van der Waals surface area contributed by atoms with Crippen LogP contribution in [0.25, 0.3) is 0 Å². The zero-order valence-corrected chi connectivity index (χ0v) is 9.92. The molecule has 2 aromatic heterocycles. The van der Waals surface area contributed by atoms with Gasteiger partial charge in [-0.3, -0.25) is 9.97 Å². The number of nitrogens with zero attached hydrogens (tertiary/aromatic N) is 2. The Kier molecular flexibility index (Phi) is 3.67. The molecular weight excluding hydrogens is 214 g/mol. The van der Waals surface area contributed by atoms with Crippen LogP contribution < -0.4 is 10.1 Å². The summed E-state index contributed by atoms with van der Waals surface area (Å²) in [6, 6.07) is 7.85. The van der Waals surface area contributed by atoms with Crippen molar-refractivity contribution < 1.29 is 4.74 Å². The van der Waals surface area contributed by atoms with Crippen molar-refractivity contribution in [1.29, 1.82) is 0 Å². The summed E-state index contributed by atoms with van der Waals surface area (Å²) in [5.41, 5.74) is 2.00. The van der Waals surface area contributed by atoms with Gasteiger partial charge in [-0.15, -0.1) is 0 Å². The molecule has 0 spiro atoms. The zero-order chi connectivity index (χ0) is 12.1. The molecule has 2 rings (SSSR count). The lowest BCUT2D eigenvalue weighted by molar-refractivity contribution is 0.411. The van der Waals surface area contributed by atoms with E-state index in [4.69, 9.17) is 4.74 Å². The second-order valence-electron chi connectivity index (χ2n) is 3.63. The minimum atomic E-state index is 0.0267. The van der Waals surface area contributed by atoms with Crippen LogP contribution in [0.15, 0.2) is 42.9 Å². The number of pyridine rings is 2. The molecule has 4 nitrogen and oxygen atoms in total. The van der Waals surface area contributed by atoms with Crippen LogP contribution in [0.5, 0.6) is 5.75 Å². The van der Waals surface area contributed by atoms with Gasteiger partial charge >= 0.3 is 0 Å². The van der Waals surface area contributed by atoms with Crippen LogP contribution in [0.3, 0.4) is 0 Å². The molecule has 0 aromatic carbocycles. The monoisotopic (exact) mass is 229 g/mol. The van der Waals surface area contributed by atoms with Crippen molar-refractivity contribution in [2.24, 2.45) is 0 Å². The summed E-state index contributed by atoms with van der Waals surface area (Å²) in [4.78, 5) is 8.51. The van der Waals surface area contributed by atoms with Gasteiger partial charge in [-0.1, -0.05) is 6.07 Å². The van der Waals surface area contributed by atoms with Crippen LogP contribution in [0.4, 0.5) is 0 Å². The van der Waals surface area contributed by atoms with E-state index in [9.17, 15) is 0 Å². The predicted octanol–water partition coefficient (Wildman–Crippen LogP) is 1.79.